The second-order valence-corrected chi connectivity index (χ2v) is 9.77. The van der Waals surface area contributed by atoms with Gasteiger partial charge in [-0.15, -0.1) is 0 Å². The third-order valence-corrected chi connectivity index (χ3v) is 7.06. The van der Waals surface area contributed by atoms with Crippen LogP contribution in [0.5, 0.6) is 5.75 Å². The van der Waals surface area contributed by atoms with Crippen molar-refractivity contribution < 1.29 is 14.3 Å². The molecule has 0 aliphatic carbocycles. The van der Waals surface area contributed by atoms with E-state index in [1.807, 2.05) is 66.9 Å². The Balaban J connectivity index is 1.31. The van der Waals surface area contributed by atoms with Gasteiger partial charge in [0.1, 0.15) is 12.4 Å². The molecule has 4 aromatic rings. The molecule has 7 heteroatoms. The van der Waals surface area contributed by atoms with Gasteiger partial charge in [-0.3, -0.25) is 9.69 Å². The lowest BCUT2D eigenvalue weighted by Crippen LogP contribution is -2.41. The van der Waals surface area contributed by atoms with Crippen LogP contribution in [0, 0.1) is 0 Å². The second kappa shape index (κ2) is 12.3. The maximum absolute atomic E-state index is 13.1. The van der Waals surface area contributed by atoms with Crippen LogP contribution in [0.4, 0.5) is 0 Å². The summed E-state index contributed by atoms with van der Waals surface area (Å²) in [5, 5.41) is 4.82. The normalized spacial score (nSPS) is 14.9. The van der Waals surface area contributed by atoms with E-state index in [1.165, 1.54) is 0 Å². The Morgan fingerprint density at radius 2 is 1.84 bits per heavy atom. The van der Waals surface area contributed by atoms with Crippen LogP contribution in [0.25, 0.3) is 10.9 Å². The van der Waals surface area contributed by atoms with Gasteiger partial charge in [-0.05, 0) is 47.0 Å². The van der Waals surface area contributed by atoms with E-state index in [4.69, 9.17) is 21.1 Å². The van der Waals surface area contributed by atoms with Crippen molar-refractivity contribution in [1.29, 1.82) is 0 Å². The summed E-state index contributed by atoms with van der Waals surface area (Å²) in [6, 6.07) is 24.0. The summed E-state index contributed by atoms with van der Waals surface area (Å²) >= 11 is 6.33. The van der Waals surface area contributed by atoms with Crippen molar-refractivity contribution in [2.24, 2.45) is 0 Å². The first-order chi connectivity index (χ1) is 18.2. The molecular formula is C30H32ClN3O3. The monoisotopic (exact) mass is 517 g/mol. The highest BCUT2D eigenvalue weighted by molar-refractivity contribution is 6.31. The Bertz CT molecular complexity index is 1300. The van der Waals surface area contributed by atoms with Crippen molar-refractivity contribution in [3.05, 3.63) is 101 Å². The summed E-state index contributed by atoms with van der Waals surface area (Å²) in [5.41, 5.74) is 4.23. The summed E-state index contributed by atoms with van der Waals surface area (Å²) < 4.78 is 11.4. The van der Waals surface area contributed by atoms with Gasteiger partial charge in [0.15, 0.2) is 0 Å². The fourth-order valence-corrected chi connectivity index (χ4v) is 4.96. The predicted octanol–water partition coefficient (Wildman–Crippen LogP) is 5.37. The van der Waals surface area contributed by atoms with E-state index in [1.54, 1.807) is 0 Å². The second-order valence-electron chi connectivity index (χ2n) is 9.34. The molecule has 1 amide bonds. The van der Waals surface area contributed by atoms with E-state index in [9.17, 15) is 4.79 Å². The Morgan fingerprint density at radius 1 is 1.05 bits per heavy atom. The number of carbonyl (C=O) groups is 1. The minimum atomic E-state index is -0.126. The number of aromatic amines is 1. The van der Waals surface area contributed by atoms with Crippen molar-refractivity contribution in [3.63, 3.8) is 0 Å². The number of amides is 1. The standard InChI is InChI=1S/C30H32ClN3O3/c31-24-8-11-29-27(18-24)28(20-33-29)26(19-30(35)32-12-13-34-14-16-36-17-15-34)23-6-9-25(10-7-23)37-21-22-4-2-1-3-5-22/h1-11,18,20,26,33H,12-17,19,21H2,(H,32,35). The highest BCUT2D eigenvalue weighted by Gasteiger charge is 2.22. The number of nitrogens with zero attached hydrogens (tertiary/aromatic N) is 1. The third kappa shape index (κ3) is 6.72. The van der Waals surface area contributed by atoms with Gasteiger partial charge in [0.2, 0.25) is 5.91 Å². The quantitative estimate of drug-likeness (QED) is 0.297. The van der Waals surface area contributed by atoms with Crippen LogP contribution in [0.3, 0.4) is 0 Å². The van der Waals surface area contributed by atoms with Gasteiger partial charge in [0, 0.05) is 60.6 Å². The summed E-state index contributed by atoms with van der Waals surface area (Å²) in [4.78, 5) is 18.7. The lowest BCUT2D eigenvalue weighted by molar-refractivity contribution is -0.121. The Morgan fingerprint density at radius 3 is 2.62 bits per heavy atom. The highest BCUT2D eigenvalue weighted by Crippen LogP contribution is 2.35. The molecule has 0 spiro atoms. The minimum absolute atomic E-state index is 0.0269. The van der Waals surface area contributed by atoms with E-state index in [2.05, 4.69) is 27.3 Å². The molecule has 1 aliphatic rings. The van der Waals surface area contributed by atoms with Crippen molar-refractivity contribution in [2.45, 2.75) is 18.9 Å². The van der Waals surface area contributed by atoms with Gasteiger partial charge < -0.3 is 19.8 Å². The zero-order chi connectivity index (χ0) is 25.5. The van der Waals surface area contributed by atoms with Crippen molar-refractivity contribution in [2.75, 3.05) is 39.4 Å². The number of benzene rings is 3. The zero-order valence-electron chi connectivity index (χ0n) is 20.8. The van der Waals surface area contributed by atoms with Crippen molar-refractivity contribution in [3.8, 4) is 5.75 Å². The number of hydrogen-bond acceptors (Lipinski definition) is 4. The van der Waals surface area contributed by atoms with Crippen LogP contribution in [-0.4, -0.2) is 55.2 Å². The molecule has 2 N–H and O–H groups in total. The van der Waals surface area contributed by atoms with E-state index in [-0.39, 0.29) is 11.8 Å². The Labute approximate surface area is 222 Å². The van der Waals surface area contributed by atoms with Crippen molar-refractivity contribution >= 4 is 28.4 Å². The SMILES string of the molecule is O=C(CC(c1ccc(OCc2ccccc2)cc1)c1c[nH]c2ccc(Cl)cc12)NCCN1CCOCC1. The summed E-state index contributed by atoms with van der Waals surface area (Å²) in [6.07, 6.45) is 2.33. The summed E-state index contributed by atoms with van der Waals surface area (Å²) in [5.74, 6) is 0.695. The number of fused-ring (bicyclic) bond motifs is 1. The smallest absolute Gasteiger partial charge is 0.220 e. The molecule has 1 aliphatic heterocycles. The number of rotatable bonds is 10. The number of halogens is 1. The van der Waals surface area contributed by atoms with Crippen molar-refractivity contribution in [1.82, 2.24) is 15.2 Å². The Kier molecular flexibility index (Phi) is 8.41. The number of hydrogen-bond donors (Lipinski definition) is 2. The molecule has 6 nitrogen and oxygen atoms in total. The van der Waals surface area contributed by atoms with E-state index < -0.39 is 0 Å². The molecule has 0 radical (unpaired) electrons. The van der Waals surface area contributed by atoms with Gasteiger partial charge in [-0.2, -0.15) is 0 Å². The molecule has 1 aromatic heterocycles. The van der Waals surface area contributed by atoms with Crippen LogP contribution in [0.1, 0.15) is 29.0 Å². The number of H-pyrrole nitrogens is 1. The molecule has 0 bridgehead atoms. The molecule has 37 heavy (non-hydrogen) atoms. The average molecular weight is 518 g/mol. The first-order valence-corrected chi connectivity index (χ1v) is 13.1. The van der Waals surface area contributed by atoms with Crippen LogP contribution in [0.2, 0.25) is 5.02 Å². The van der Waals surface area contributed by atoms with Gasteiger partial charge in [-0.1, -0.05) is 54.1 Å². The first-order valence-electron chi connectivity index (χ1n) is 12.8. The molecule has 192 valence electrons. The van der Waals surface area contributed by atoms with Crippen LogP contribution >= 0.6 is 11.6 Å². The fourth-order valence-electron chi connectivity index (χ4n) is 4.78. The van der Waals surface area contributed by atoms with Gasteiger partial charge >= 0.3 is 0 Å². The zero-order valence-corrected chi connectivity index (χ0v) is 21.5. The number of carbonyl (C=O) groups excluding carboxylic acids is 1. The van der Waals surface area contributed by atoms with E-state index >= 15 is 0 Å². The lowest BCUT2D eigenvalue weighted by Gasteiger charge is -2.26. The number of nitrogens with one attached hydrogen (secondary N) is 2. The van der Waals surface area contributed by atoms with E-state index in [0.717, 1.165) is 66.2 Å². The number of morpholine rings is 1. The molecule has 2 heterocycles. The molecular weight excluding hydrogens is 486 g/mol. The van der Waals surface area contributed by atoms with Crippen LogP contribution in [0.15, 0.2) is 79.0 Å². The fraction of sp³-hybridized carbons (Fsp3) is 0.300. The molecule has 5 rings (SSSR count). The first kappa shape index (κ1) is 25.3. The Hall–Kier alpha value is -3.32. The summed E-state index contributed by atoms with van der Waals surface area (Å²) in [7, 11) is 0. The molecule has 1 atom stereocenters. The van der Waals surface area contributed by atoms with Gasteiger partial charge in [0.25, 0.3) is 0 Å². The maximum Gasteiger partial charge on any atom is 0.220 e. The molecule has 3 aromatic carbocycles. The van der Waals surface area contributed by atoms with E-state index in [0.29, 0.717) is 24.6 Å². The molecule has 0 saturated carbocycles. The molecule has 1 saturated heterocycles. The minimum Gasteiger partial charge on any atom is -0.489 e. The highest BCUT2D eigenvalue weighted by atomic mass is 35.5. The lowest BCUT2D eigenvalue weighted by atomic mass is 9.88. The van der Waals surface area contributed by atoms with Crippen LogP contribution in [-0.2, 0) is 16.1 Å². The number of ether oxygens (including phenoxy) is 2. The van der Waals surface area contributed by atoms with Crippen LogP contribution < -0.4 is 10.1 Å². The molecule has 1 fully saturated rings. The average Bonchev–Trinajstić information content (AvgIpc) is 3.35. The number of aromatic nitrogens is 1. The predicted molar refractivity (Wildman–Crippen MR) is 147 cm³/mol. The molecule has 1 unspecified atom stereocenters. The summed E-state index contributed by atoms with van der Waals surface area (Å²) in [6.45, 7) is 5.29. The maximum atomic E-state index is 13.1. The van der Waals surface area contributed by atoms with Gasteiger partial charge in [-0.25, -0.2) is 0 Å². The largest absolute Gasteiger partial charge is 0.489 e. The topological polar surface area (TPSA) is 66.6 Å². The third-order valence-electron chi connectivity index (χ3n) is 6.83. The van der Waals surface area contributed by atoms with Gasteiger partial charge in [0.05, 0.1) is 13.2 Å².